The van der Waals surface area contributed by atoms with Gasteiger partial charge in [-0.3, -0.25) is 19.2 Å². The summed E-state index contributed by atoms with van der Waals surface area (Å²) in [7, 11) is -3.95. The molecule has 0 saturated carbocycles. The first-order valence-electron chi connectivity index (χ1n) is 15.1. The summed E-state index contributed by atoms with van der Waals surface area (Å²) in [6.07, 6.45) is 3.39. The van der Waals surface area contributed by atoms with Crippen molar-refractivity contribution in [2.75, 3.05) is 62.0 Å². The first-order chi connectivity index (χ1) is 21.2. The predicted octanol–water partition coefficient (Wildman–Crippen LogP) is 4.10. The fourth-order valence-electron chi connectivity index (χ4n) is 5.98. The Bertz CT molecular complexity index is 1760. The van der Waals surface area contributed by atoms with Gasteiger partial charge in [0.1, 0.15) is 0 Å². The van der Waals surface area contributed by atoms with Crippen LogP contribution in [0.5, 0.6) is 0 Å². The zero-order valence-electron chi connectivity index (χ0n) is 25.1. The third-order valence-electron chi connectivity index (χ3n) is 8.60. The van der Waals surface area contributed by atoms with Gasteiger partial charge in [0.05, 0.1) is 21.8 Å². The lowest BCUT2D eigenvalue weighted by atomic mass is 10.1. The van der Waals surface area contributed by atoms with Crippen LogP contribution in [0, 0.1) is 0 Å². The smallest absolute Gasteiger partial charge is 0.261 e. The van der Waals surface area contributed by atoms with Crippen LogP contribution in [0.4, 0.5) is 11.4 Å². The molecule has 2 aliphatic rings. The van der Waals surface area contributed by atoms with Gasteiger partial charge in [-0.15, -0.1) is 0 Å². The first kappa shape index (κ1) is 29.7. The number of anilines is 2. The number of nitrogens with one attached hydrogen (secondary N) is 2. The molecule has 0 bridgehead atoms. The summed E-state index contributed by atoms with van der Waals surface area (Å²) in [5.41, 5.74) is 2.12. The largest absolute Gasteiger partial charge is 0.367 e. The molecule has 3 heterocycles. The van der Waals surface area contributed by atoms with Crippen LogP contribution in [-0.2, 0) is 10.0 Å². The standard InChI is InChI=1S/C33H38N6O4S/c1-24(2)36-13-15-37(16-14-36)31-10-8-27(32(40)38-17-19-39(20-18-38)33(41)28-11-12-34-23-28)22-30(31)35-44(42,43)29-9-7-25-5-3-4-6-26(25)21-29/h3-12,21-24,34-35H,13-20H2,1-2H3. The summed E-state index contributed by atoms with van der Waals surface area (Å²) >= 11 is 0. The van der Waals surface area contributed by atoms with Crippen LogP contribution in [0.15, 0.2) is 84.0 Å². The van der Waals surface area contributed by atoms with Crippen LogP contribution >= 0.6 is 0 Å². The Morgan fingerprint density at radius 2 is 1.41 bits per heavy atom. The average Bonchev–Trinajstić information content (AvgIpc) is 3.59. The Kier molecular flexibility index (Phi) is 8.33. The molecule has 0 atom stereocenters. The quantitative estimate of drug-likeness (QED) is 0.325. The molecule has 44 heavy (non-hydrogen) atoms. The number of amides is 2. The molecule has 2 aliphatic heterocycles. The van der Waals surface area contributed by atoms with Gasteiger partial charge >= 0.3 is 0 Å². The van der Waals surface area contributed by atoms with Crippen LogP contribution in [0.2, 0.25) is 0 Å². The highest BCUT2D eigenvalue weighted by molar-refractivity contribution is 7.92. The molecule has 1 aromatic heterocycles. The number of aromatic nitrogens is 1. The number of sulfonamides is 1. The van der Waals surface area contributed by atoms with Crippen molar-refractivity contribution in [2.24, 2.45) is 0 Å². The Morgan fingerprint density at radius 1 is 0.750 bits per heavy atom. The lowest BCUT2D eigenvalue weighted by Gasteiger charge is -2.39. The maximum absolute atomic E-state index is 13.7. The molecule has 2 N–H and O–H groups in total. The Balaban J connectivity index is 1.25. The van der Waals surface area contributed by atoms with Crippen molar-refractivity contribution < 1.29 is 18.0 Å². The van der Waals surface area contributed by atoms with Crippen LogP contribution in [0.1, 0.15) is 34.6 Å². The van der Waals surface area contributed by atoms with E-state index in [4.69, 9.17) is 0 Å². The van der Waals surface area contributed by atoms with Gasteiger partial charge in [-0.1, -0.05) is 30.3 Å². The number of carbonyl (C=O) groups is 2. The summed E-state index contributed by atoms with van der Waals surface area (Å²) in [5.74, 6) is -0.258. The van der Waals surface area contributed by atoms with Crippen LogP contribution in [0.3, 0.4) is 0 Å². The Morgan fingerprint density at radius 3 is 2.05 bits per heavy atom. The van der Waals surface area contributed by atoms with E-state index in [1.165, 1.54) is 0 Å². The minimum atomic E-state index is -3.95. The second kappa shape index (κ2) is 12.3. The number of hydrogen-bond acceptors (Lipinski definition) is 6. The number of fused-ring (bicyclic) bond motifs is 1. The normalized spacial score (nSPS) is 16.5. The van der Waals surface area contributed by atoms with E-state index in [2.05, 4.69) is 33.4 Å². The first-order valence-corrected chi connectivity index (χ1v) is 16.5. The molecule has 230 valence electrons. The molecular formula is C33H38N6O4S. The van der Waals surface area contributed by atoms with Gasteiger partial charge in [-0.25, -0.2) is 8.42 Å². The van der Waals surface area contributed by atoms with Gasteiger partial charge in [-0.05, 0) is 61.0 Å². The van der Waals surface area contributed by atoms with Crippen molar-refractivity contribution in [3.63, 3.8) is 0 Å². The van der Waals surface area contributed by atoms with Gasteiger partial charge in [0.15, 0.2) is 0 Å². The molecule has 0 spiro atoms. The number of aromatic amines is 1. The van der Waals surface area contributed by atoms with E-state index < -0.39 is 10.0 Å². The Hall–Kier alpha value is -4.35. The van der Waals surface area contributed by atoms with E-state index in [0.29, 0.717) is 49.0 Å². The lowest BCUT2D eigenvalue weighted by Crippen LogP contribution is -2.50. The molecular weight excluding hydrogens is 576 g/mol. The molecule has 0 unspecified atom stereocenters. The molecule has 0 aliphatic carbocycles. The molecule has 0 radical (unpaired) electrons. The van der Waals surface area contributed by atoms with Crippen molar-refractivity contribution in [1.82, 2.24) is 19.7 Å². The van der Waals surface area contributed by atoms with E-state index in [-0.39, 0.29) is 16.7 Å². The van der Waals surface area contributed by atoms with E-state index in [1.807, 2.05) is 30.3 Å². The lowest BCUT2D eigenvalue weighted by molar-refractivity contribution is 0.0535. The number of piperazine rings is 2. The SMILES string of the molecule is CC(C)N1CCN(c2ccc(C(=O)N3CCN(C(=O)c4cc[nH]c4)CC3)cc2NS(=O)(=O)c2ccc3ccccc3c2)CC1. The van der Waals surface area contributed by atoms with Crippen molar-refractivity contribution in [3.05, 3.63) is 90.3 Å². The van der Waals surface area contributed by atoms with E-state index >= 15 is 0 Å². The van der Waals surface area contributed by atoms with Crippen LogP contribution < -0.4 is 9.62 Å². The van der Waals surface area contributed by atoms with Gasteiger partial charge in [-0.2, -0.15) is 0 Å². The number of benzene rings is 3. The van der Waals surface area contributed by atoms with E-state index in [0.717, 1.165) is 42.6 Å². The number of hydrogen-bond donors (Lipinski definition) is 2. The highest BCUT2D eigenvalue weighted by Gasteiger charge is 2.28. The summed E-state index contributed by atoms with van der Waals surface area (Å²) in [6.45, 7) is 9.20. The summed E-state index contributed by atoms with van der Waals surface area (Å²) in [5, 5.41) is 1.79. The molecule has 4 aromatic rings. The van der Waals surface area contributed by atoms with Crippen molar-refractivity contribution >= 4 is 44.0 Å². The monoisotopic (exact) mass is 614 g/mol. The van der Waals surface area contributed by atoms with Crippen molar-refractivity contribution in [2.45, 2.75) is 24.8 Å². The second-order valence-electron chi connectivity index (χ2n) is 11.6. The second-order valence-corrected chi connectivity index (χ2v) is 13.3. The van der Waals surface area contributed by atoms with E-state index in [1.54, 1.807) is 58.6 Å². The van der Waals surface area contributed by atoms with Crippen molar-refractivity contribution in [3.8, 4) is 0 Å². The third-order valence-corrected chi connectivity index (χ3v) is 9.97. The molecule has 3 aromatic carbocycles. The van der Waals surface area contributed by atoms with Gasteiger partial charge in [0.2, 0.25) is 0 Å². The fraction of sp³-hybridized carbons (Fsp3) is 0.333. The number of rotatable bonds is 7. The molecule has 2 fully saturated rings. The summed E-state index contributed by atoms with van der Waals surface area (Å²) in [4.78, 5) is 37.5. The van der Waals surface area contributed by atoms with Crippen LogP contribution in [-0.4, -0.2) is 98.3 Å². The molecule has 6 rings (SSSR count). The number of H-pyrrole nitrogens is 1. The van der Waals surface area contributed by atoms with Crippen molar-refractivity contribution in [1.29, 1.82) is 0 Å². The van der Waals surface area contributed by atoms with Gasteiger partial charge < -0.3 is 19.7 Å². The zero-order chi connectivity index (χ0) is 30.8. The van der Waals surface area contributed by atoms with Gasteiger partial charge in [0, 0.05) is 76.4 Å². The number of nitrogens with zero attached hydrogens (tertiary/aromatic N) is 4. The molecule has 2 amide bonds. The minimum absolute atomic E-state index is 0.0642. The minimum Gasteiger partial charge on any atom is -0.367 e. The molecule has 10 nitrogen and oxygen atoms in total. The highest BCUT2D eigenvalue weighted by atomic mass is 32.2. The zero-order valence-corrected chi connectivity index (χ0v) is 25.9. The third kappa shape index (κ3) is 6.15. The predicted molar refractivity (Wildman–Crippen MR) is 173 cm³/mol. The molecule has 11 heteroatoms. The maximum atomic E-state index is 13.7. The fourth-order valence-corrected chi connectivity index (χ4v) is 7.08. The number of carbonyl (C=O) groups excluding carboxylic acids is 2. The summed E-state index contributed by atoms with van der Waals surface area (Å²) in [6, 6.07) is 20.2. The highest BCUT2D eigenvalue weighted by Crippen LogP contribution is 2.32. The summed E-state index contributed by atoms with van der Waals surface area (Å²) < 4.78 is 30.3. The topological polar surface area (TPSA) is 109 Å². The van der Waals surface area contributed by atoms with Crippen LogP contribution in [0.25, 0.3) is 10.8 Å². The molecule has 2 saturated heterocycles. The Labute approximate surface area is 258 Å². The average molecular weight is 615 g/mol. The van der Waals surface area contributed by atoms with E-state index in [9.17, 15) is 18.0 Å². The maximum Gasteiger partial charge on any atom is 0.261 e. The van der Waals surface area contributed by atoms with Gasteiger partial charge in [0.25, 0.3) is 21.8 Å².